The van der Waals surface area contributed by atoms with Crippen LogP contribution in [0.3, 0.4) is 0 Å². The zero-order chi connectivity index (χ0) is 12.4. The Morgan fingerprint density at radius 2 is 1.94 bits per heavy atom. The Morgan fingerprint density at radius 3 is 2.50 bits per heavy atom. The average Bonchev–Trinajstić information content (AvgIpc) is 2.22. The predicted octanol–water partition coefficient (Wildman–Crippen LogP) is 1.16. The molecule has 0 aromatic rings. The van der Waals surface area contributed by atoms with Crippen LogP contribution in [0.15, 0.2) is 0 Å². The molecule has 0 bridgehead atoms. The van der Waals surface area contributed by atoms with Gasteiger partial charge in [-0.2, -0.15) is 0 Å². The minimum absolute atomic E-state index is 0.0701. The molecule has 96 valence electrons. The van der Waals surface area contributed by atoms with Gasteiger partial charge in [0.05, 0.1) is 6.61 Å². The molecular formula is C12H26N2O2. The van der Waals surface area contributed by atoms with Crippen molar-refractivity contribution in [2.45, 2.75) is 39.7 Å². The topological polar surface area (TPSA) is 50.4 Å². The molecule has 16 heavy (non-hydrogen) atoms. The van der Waals surface area contributed by atoms with Crippen molar-refractivity contribution in [3.05, 3.63) is 0 Å². The second kappa shape index (κ2) is 9.60. The number of rotatable bonds is 9. The Morgan fingerprint density at radius 1 is 1.25 bits per heavy atom. The second-order valence-corrected chi connectivity index (χ2v) is 4.53. The van der Waals surface area contributed by atoms with Gasteiger partial charge >= 0.3 is 0 Å². The fourth-order valence-corrected chi connectivity index (χ4v) is 1.25. The number of hydrogen-bond acceptors (Lipinski definition) is 3. The normalized spacial score (nSPS) is 12.8. The molecule has 0 saturated carbocycles. The largest absolute Gasteiger partial charge is 0.380 e. The highest BCUT2D eigenvalue weighted by Gasteiger charge is 2.05. The van der Waals surface area contributed by atoms with Crippen LogP contribution in [0.2, 0.25) is 0 Å². The molecule has 4 heteroatoms. The molecule has 4 nitrogen and oxygen atoms in total. The van der Waals surface area contributed by atoms with Gasteiger partial charge in [-0.15, -0.1) is 0 Å². The van der Waals surface area contributed by atoms with Crippen molar-refractivity contribution in [2.75, 3.05) is 26.8 Å². The summed E-state index contributed by atoms with van der Waals surface area (Å²) in [5.41, 5.74) is 0. The molecule has 0 rings (SSSR count). The maximum atomic E-state index is 11.0. The lowest BCUT2D eigenvalue weighted by Gasteiger charge is -2.13. The van der Waals surface area contributed by atoms with E-state index >= 15 is 0 Å². The van der Waals surface area contributed by atoms with Crippen molar-refractivity contribution in [1.29, 1.82) is 0 Å². The van der Waals surface area contributed by atoms with E-state index in [-0.39, 0.29) is 11.9 Å². The molecule has 0 spiro atoms. The van der Waals surface area contributed by atoms with E-state index in [4.69, 9.17) is 4.74 Å². The van der Waals surface area contributed by atoms with E-state index in [9.17, 15) is 4.79 Å². The van der Waals surface area contributed by atoms with E-state index in [1.54, 1.807) is 7.05 Å². The van der Waals surface area contributed by atoms with Crippen molar-refractivity contribution in [2.24, 2.45) is 5.92 Å². The Balaban J connectivity index is 3.27. The molecule has 0 aromatic heterocycles. The SMILES string of the molecule is CNC(=O)CC(C)NCCOCCC(C)C. The monoisotopic (exact) mass is 230 g/mol. The molecule has 0 aliphatic carbocycles. The fourth-order valence-electron chi connectivity index (χ4n) is 1.25. The molecule has 0 fully saturated rings. The van der Waals surface area contributed by atoms with Gasteiger partial charge in [0.1, 0.15) is 0 Å². The van der Waals surface area contributed by atoms with Crippen LogP contribution in [0, 0.1) is 5.92 Å². The van der Waals surface area contributed by atoms with E-state index in [0.29, 0.717) is 18.9 Å². The third-order valence-corrected chi connectivity index (χ3v) is 2.35. The van der Waals surface area contributed by atoms with E-state index in [1.807, 2.05) is 6.92 Å². The standard InChI is InChI=1S/C12H26N2O2/c1-10(2)5-7-16-8-6-14-11(3)9-12(15)13-4/h10-11,14H,5-9H2,1-4H3,(H,13,15). The first kappa shape index (κ1) is 15.4. The van der Waals surface area contributed by atoms with Gasteiger partial charge in [-0.1, -0.05) is 13.8 Å². The van der Waals surface area contributed by atoms with Gasteiger partial charge in [-0.05, 0) is 19.3 Å². The van der Waals surface area contributed by atoms with Crippen LogP contribution in [0.1, 0.15) is 33.6 Å². The first-order valence-electron chi connectivity index (χ1n) is 6.08. The minimum Gasteiger partial charge on any atom is -0.380 e. The Bertz CT molecular complexity index is 184. The Labute approximate surface area is 99.1 Å². The fraction of sp³-hybridized carbons (Fsp3) is 0.917. The van der Waals surface area contributed by atoms with E-state index in [2.05, 4.69) is 24.5 Å². The molecular weight excluding hydrogens is 204 g/mol. The van der Waals surface area contributed by atoms with Gasteiger partial charge in [0.25, 0.3) is 0 Å². The van der Waals surface area contributed by atoms with Crippen LogP contribution < -0.4 is 10.6 Å². The lowest BCUT2D eigenvalue weighted by Crippen LogP contribution is -2.34. The van der Waals surface area contributed by atoms with Crippen molar-refractivity contribution >= 4 is 5.91 Å². The summed E-state index contributed by atoms with van der Waals surface area (Å²) in [7, 11) is 1.66. The van der Waals surface area contributed by atoms with Crippen molar-refractivity contribution in [3.63, 3.8) is 0 Å². The van der Waals surface area contributed by atoms with Crippen LogP contribution in [-0.2, 0) is 9.53 Å². The number of carbonyl (C=O) groups excluding carboxylic acids is 1. The van der Waals surface area contributed by atoms with Crippen LogP contribution in [0.4, 0.5) is 0 Å². The zero-order valence-corrected chi connectivity index (χ0v) is 11.0. The Hall–Kier alpha value is -0.610. The summed E-state index contributed by atoms with van der Waals surface area (Å²) in [6, 6.07) is 0.202. The third-order valence-electron chi connectivity index (χ3n) is 2.35. The molecule has 0 aliphatic heterocycles. The molecule has 0 radical (unpaired) electrons. The summed E-state index contributed by atoms with van der Waals surface area (Å²) < 4.78 is 5.46. The predicted molar refractivity (Wildman–Crippen MR) is 66.4 cm³/mol. The highest BCUT2D eigenvalue weighted by molar-refractivity contribution is 5.76. The average molecular weight is 230 g/mol. The summed E-state index contributed by atoms with van der Waals surface area (Å²) in [6.07, 6.45) is 1.62. The lowest BCUT2D eigenvalue weighted by atomic mass is 10.1. The summed E-state index contributed by atoms with van der Waals surface area (Å²) in [5, 5.41) is 5.86. The number of hydrogen-bond donors (Lipinski definition) is 2. The van der Waals surface area contributed by atoms with Crippen LogP contribution in [0.25, 0.3) is 0 Å². The highest BCUT2D eigenvalue weighted by atomic mass is 16.5. The van der Waals surface area contributed by atoms with Crippen molar-refractivity contribution < 1.29 is 9.53 Å². The van der Waals surface area contributed by atoms with E-state index < -0.39 is 0 Å². The van der Waals surface area contributed by atoms with Gasteiger partial charge < -0.3 is 15.4 Å². The van der Waals surface area contributed by atoms with Gasteiger partial charge in [0.2, 0.25) is 5.91 Å². The smallest absolute Gasteiger partial charge is 0.221 e. The van der Waals surface area contributed by atoms with Crippen molar-refractivity contribution in [1.82, 2.24) is 10.6 Å². The van der Waals surface area contributed by atoms with Crippen LogP contribution in [-0.4, -0.2) is 38.8 Å². The molecule has 0 saturated heterocycles. The quantitative estimate of drug-likeness (QED) is 0.584. The van der Waals surface area contributed by atoms with Gasteiger partial charge in [-0.25, -0.2) is 0 Å². The maximum Gasteiger partial charge on any atom is 0.221 e. The summed E-state index contributed by atoms with van der Waals surface area (Å²) in [5.74, 6) is 0.765. The van der Waals surface area contributed by atoms with E-state index in [1.165, 1.54) is 0 Å². The Kier molecular flexibility index (Phi) is 9.24. The second-order valence-electron chi connectivity index (χ2n) is 4.53. The first-order chi connectivity index (χ1) is 7.56. The summed E-state index contributed by atoms with van der Waals surface area (Å²) in [6.45, 7) is 8.72. The lowest BCUT2D eigenvalue weighted by molar-refractivity contribution is -0.121. The molecule has 0 aliphatic rings. The maximum absolute atomic E-state index is 11.0. The molecule has 1 amide bonds. The number of ether oxygens (including phenoxy) is 1. The van der Waals surface area contributed by atoms with Gasteiger partial charge in [0, 0.05) is 32.7 Å². The molecule has 0 heterocycles. The van der Waals surface area contributed by atoms with Crippen molar-refractivity contribution in [3.8, 4) is 0 Å². The van der Waals surface area contributed by atoms with Crippen LogP contribution >= 0.6 is 0 Å². The number of nitrogens with one attached hydrogen (secondary N) is 2. The molecule has 1 atom stereocenters. The molecule has 1 unspecified atom stereocenters. The van der Waals surface area contributed by atoms with E-state index in [0.717, 1.165) is 19.6 Å². The summed E-state index contributed by atoms with van der Waals surface area (Å²) in [4.78, 5) is 11.0. The summed E-state index contributed by atoms with van der Waals surface area (Å²) >= 11 is 0. The first-order valence-corrected chi connectivity index (χ1v) is 6.08. The zero-order valence-electron chi connectivity index (χ0n) is 11.0. The van der Waals surface area contributed by atoms with Gasteiger partial charge in [0.15, 0.2) is 0 Å². The van der Waals surface area contributed by atoms with Crippen LogP contribution in [0.5, 0.6) is 0 Å². The number of carbonyl (C=O) groups is 1. The molecule has 2 N–H and O–H groups in total. The third kappa shape index (κ3) is 9.93. The van der Waals surface area contributed by atoms with Gasteiger partial charge in [-0.3, -0.25) is 4.79 Å². The minimum atomic E-state index is 0.0701. The highest BCUT2D eigenvalue weighted by Crippen LogP contribution is 1.98. The molecule has 0 aromatic carbocycles. The number of amides is 1.